The minimum absolute atomic E-state index is 0.286. The number of H-pyrrole nitrogens is 1. The van der Waals surface area contributed by atoms with E-state index in [0.29, 0.717) is 5.52 Å². The highest BCUT2D eigenvalue weighted by atomic mass is 32.2. The van der Waals surface area contributed by atoms with Gasteiger partial charge in [0.1, 0.15) is 11.5 Å². The van der Waals surface area contributed by atoms with Gasteiger partial charge in [-0.05, 0) is 73.8 Å². The fourth-order valence-corrected chi connectivity index (χ4v) is 7.72. The number of methoxy groups -OCH3 is 2. The molecule has 4 heterocycles. The van der Waals surface area contributed by atoms with E-state index in [4.69, 9.17) is 9.47 Å². The predicted molar refractivity (Wildman–Crippen MR) is 188 cm³/mol. The first-order chi connectivity index (χ1) is 22.7. The molecular formula is C36H46N6O4S. The quantitative estimate of drug-likeness (QED) is 0.260. The Balaban J connectivity index is 0.000000177. The Morgan fingerprint density at radius 1 is 0.681 bits per heavy atom. The van der Waals surface area contributed by atoms with Crippen molar-refractivity contribution in [3.05, 3.63) is 90.3 Å². The van der Waals surface area contributed by atoms with E-state index >= 15 is 0 Å². The van der Waals surface area contributed by atoms with Crippen LogP contribution in [0.2, 0.25) is 0 Å². The molecule has 2 fully saturated rings. The lowest BCUT2D eigenvalue weighted by Crippen LogP contribution is -2.43. The standard InChI is InChI=1S/C21H25N3O3S.C15H21N3O/c1-22-10-12-23(13-11-22)15-17-16-24(21-9-8-18(27-2)14-20(17)21)28(25,26)19-6-4-3-5-7-19;1-17-5-7-18(8-6-17)11-12-10-16-15-4-3-13(19-2)9-14(12)15/h3-9,14,16H,10-13,15H2,1-2H3;3-4,9-10,16H,5-8,11H2,1-2H3. The van der Waals surface area contributed by atoms with Crippen molar-refractivity contribution in [2.45, 2.75) is 18.0 Å². The fourth-order valence-electron chi connectivity index (χ4n) is 6.31. The molecule has 2 aliphatic rings. The minimum atomic E-state index is -3.66. The van der Waals surface area contributed by atoms with E-state index in [-0.39, 0.29) is 4.90 Å². The molecule has 2 saturated heterocycles. The molecule has 1 N–H and O–H groups in total. The molecule has 2 aliphatic heterocycles. The van der Waals surface area contributed by atoms with Gasteiger partial charge in [-0.25, -0.2) is 12.4 Å². The summed E-state index contributed by atoms with van der Waals surface area (Å²) >= 11 is 0. The van der Waals surface area contributed by atoms with Gasteiger partial charge < -0.3 is 24.3 Å². The maximum atomic E-state index is 13.3. The number of hydrogen-bond acceptors (Lipinski definition) is 8. The molecule has 0 spiro atoms. The largest absolute Gasteiger partial charge is 0.497 e. The third kappa shape index (κ3) is 7.50. The second kappa shape index (κ2) is 14.5. The Hall–Kier alpha value is -3.87. The van der Waals surface area contributed by atoms with E-state index in [1.807, 2.05) is 24.3 Å². The van der Waals surface area contributed by atoms with Gasteiger partial charge >= 0.3 is 0 Å². The van der Waals surface area contributed by atoms with E-state index in [1.165, 1.54) is 20.4 Å². The molecule has 5 aromatic rings. The minimum Gasteiger partial charge on any atom is -0.497 e. The number of ether oxygens (including phenoxy) is 2. The molecule has 250 valence electrons. The van der Waals surface area contributed by atoms with Gasteiger partial charge in [0.25, 0.3) is 10.0 Å². The van der Waals surface area contributed by atoms with Crippen LogP contribution in [0.15, 0.2) is 84.0 Å². The zero-order valence-electron chi connectivity index (χ0n) is 27.9. The van der Waals surface area contributed by atoms with Crippen LogP contribution in [0.25, 0.3) is 21.8 Å². The SMILES string of the molecule is COc1ccc2[nH]cc(CN3CCN(C)CC3)c2c1.COc1ccc2c(c1)c(CN1CCN(C)CC1)cn2S(=O)(=O)c1ccccc1. The number of nitrogens with zero attached hydrogens (tertiary/aromatic N) is 5. The number of rotatable bonds is 8. The molecule has 3 aromatic carbocycles. The Kier molecular flexibility index (Phi) is 10.2. The highest BCUT2D eigenvalue weighted by Crippen LogP contribution is 2.30. The Morgan fingerprint density at radius 3 is 1.83 bits per heavy atom. The number of aromatic amines is 1. The average molecular weight is 659 g/mol. The van der Waals surface area contributed by atoms with Crippen LogP contribution in [-0.2, 0) is 23.1 Å². The Morgan fingerprint density at radius 2 is 1.23 bits per heavy atom. The summed E-state index contributed by atoms with van der Waals surface area (Å²) in [7, 11) is 3.99. The molecule has 0 unspecified atom stereocenters. The van der Waals surface area contributed by atoms with Gasteiger partial charge in [0.05, 0.1) is 24.6 Å². The van der Waals surface area contributed by atoms with Crippen LogP contribution < -0.4 is 9.47 Å². The van der Waals surface area contributed by atoms with Crippen molar-refractivity contribution in [3.8, 4) is 11.5 Å². The van der Waals surface area contributed by atoms with Gasteiger partial charge in [-0.1, -0.05) is 18.2 Å². The summed E-state index contributed by atoms with van der Waals surface area (Å²) in [6, 6.07) is 20.3. The van der Waals surface area contributed by atoms with Crippen molar-refractivity contribution in [3.63, 3.8) is 0 Å². The maximum Gasteiger partial charge on any atom is 0.268 e. The van der Waals surface area contributed by atoms with Crippen LogP contribution >= 0.6 is 0 Å². The van der Waals surface area contributed by atoms with Crippen LogP contribution in [0.5, 0.6) is 11.5 Å². The first kappa shape index (κ1) is 33.0. The van der Waals surface area contributed by atoms with Crippen molar-refractivity contribution in [1.82, 2.24) is 28.6 Å². The molecule has 0 aliphatic carbocycles. The number of aromatic nitrogens is 2. The van der Waals surface area contributed by atoms with E-state index in [1.54, 1.807) is 50.7 Å². The van der Waals surface area contributed by atoms with Crippen molar-refractivity contribution in [1.29, 1.82) is 0 Å². The number of hydrogen-bond donors (Lipinski definition) is 1. The van der Waals surface area contributed by atoms with E-state index < -0.39 is 10.0 Å². The number of fused-ring (bicyclic) bond motifs is 2. The van der Waals surface area contributed by atoms with E-state index in [0.717, 1.165) is 87.9 Å². The van der Waals surface area contributed by atoms with Gasteiger partial charge in [-0.2, -0.15) is 0 Å². The molecule has 11 heteroatoms. The van der Waals surface area contributed by atoms with Gasteiger partial charge in [0.15, 0.2) is 0 Å². The topological polar surface area (TPSA) is 86.3 Å². The summed E-state index contributed by atoms with van der Waals surface area (Å²) < 4.78 is 38.6. The second-order valence-corrected chi connectivity index (χ2v) is 14.4. The summed E-state index contributed by atoms with van der Waals surface area (Å²) in [6.45, 7) is 10.3. The highest BCUT2D eigenvalue weighted by molar-refractivity contribution is 7.90. The van der Waals surface area contributed by atoms with Gasteiger partial charge in [-0.3, -0.25) is 9.80 Å². The van der Waals surface area contributed by atoms with Crippen molar-refractivity contribution < 1.29 is 17.9 Å². The normalized spacial score (nSPS) is 17.1. The molecule has 47 heavy (non-hydrogen) atoms. The number of benzene rings is 3. The molecule has 2 aromatic heterocycles. The molecular weight excluding hydrogens is 613 g/mol. The zero-order valence-corrected chi connectivity index (χ0v) is 28.7. The summed E-state index contributed by atoms with van der Waals surface area (Å²) in [5, 5.41) is 2.19. The third-order valence-electron chi connectivity index (χ3n) is 9.31. The Bertz CT molecular complexity index is 1890. The van der Waals surface area contributed by atoms with Crippen LogP contribution in [0, 0.1) is 0 Å². The lowest BCUT2D eigenvalue weighted by Gasteiger charge is -2.32. The van der Waals surface area contributed by atoms with E-state index in [9.17, 15) is 8.42 Å². The molecule has 0 radical (unpaired) electrons. The predicted octanol–water partition coefficient (Wildman–Crippen LogP) is 4.56. The van der Waals surface area contributed by atoms with Crippen LogP contribution in [0.3, 0.4) is 0 Å². The van der Waals surface area contributed by atoms with Crippen molar-refractivity contribution >= 4 is 31.8 Å². The lowest BCUT2D eigenvalue weighted by atomic mass is 10.1. The summed E-state index contributed by atoms with van der Waals surface area (Å²) in [6.07, 6.45) is 3.90. The van der Waals surface area contributed by atoms with Crippen molar-refractivity contribution in [2.24, 2.45) is 0 Å². The molecule has 0 bridgehead atoms. The monoisotopic (exact) mass is 658 g/mol. The highest BCUT2D eigenvalue weighted by Gasteiger charge is 2.23. The summed E-state index contributed by atoms with van der Waals surface area (Å²) in [5.41, 5.74) is 4.22. The maximum absolute atomic E-state index is 13.3. The first-order valence-electron chi connectivity index (χ1n) is 16.2. The number of piperazine rings is 2. The van der Waals surface area contributed by atoms with Gasteiger partial charge in [-0.15, -0.1) is 0 Å². The fraction of sp³-hybridized carbons (Fsp3) is 0.389. The molecule has 10 nitrogen and oxygen atoms in total. The smallest absolute Gasteiger partial charge is 0.268 e. The molecule has 0 atom stereocenters. The number of likely N-dealkylation sites (N-methyl/N-ethyl adjacent to an activating group) is 2. The molecule has 0 saturated carbocycles. The molecule has 0 amide bonds. The van der Waals surface area contributed by atoms with Crippen molar-refractivity contribution in [2.75, 3.05) is 80.7 Å². The van der Waals surface area contributed by atoms with Gasteiger partial charge in [0.2, 0.25) is 0 Å². The lowest BCUT2D eigenvalue weighted by molar-refractivity contribution is 0.148. The van der Waals surface area contributed by atoms with Crippen LogP contribution in [0.4, 0.5) is 0 Å². The first-order valence-corrected chi connectivity index (χ1v) is 17.6. The average Bonchev–Trinajstić information content (AvgIpc) is 3.68. The van der Waals surface area contributed by atoms with Gasteiger partial charge in [0, 0.05) is 94.1 Å². The second-order valence-electron chi connectivity index (χ2n) is 12.5. The van der Waals surface area contributed by atoms with Crippen LogP contribution in [-0.4, -0.2) is 118 Å². The van der Waals surface area contributed by atoms with Crippen LogP contribution in [0.1, 0.15) is 11.1 Å². The molecule has 7 rings (SSSR count). The van der Waals surface area contributed by atoms with E-state index in [2.05, 4.69) is 57.0 Å². The Labute approximate surface area is 278 Å². The number of nitrogens with one attached hydrogen (secondary N) is 1. The summed E-state index contributed by atoms with van der Waals surface area (Å²) in [5.74, 6) is 1.65. The summed E-state index contributed by atoms with van der Waals surface area (Å²) in [4.78, 5) is 13.2. The third-order valence-corrected chi connectivity index (χ3v) is 11.0. The zero-order chi connectivity index (χ0) is 33.0.